The van der Waals surface area contributed by atoms with Gasteiger partial charge in [0.15, 0.2) is 16.9 Å². The Morgan fingerprint density at radius 3 is 0.944 bits per heavy atom. The van der Waals surface area contributed by atoms with Crippen LogP contribution in [0, 0.1) is 0 Å². The first-order valence-electron chi connectivity index (χ1n) is 30.0. The predicted molar refractivity (Wildman–Crippen MR) is 341 cm³/mol. The molecule has 12 aromatic heterocycles. The van der Waals surface area contributed by atoms with Crippen LogP contribution in [0.1, 0.15) is 110 Å². The number of amides is 3. The molecule has 3 aliphatic rings. The van der Waals surface area contributed by atoms with Gasteiger partial charge in [0.2, 0.25) is 0 Å². The number of carbonyl (C=O) groups is 3. The molecule has 3 fully saturated rings. The molecule has 3 aliphatic carbocycles. The van der Waals surface area contributed by atoms with Gasteiger partial charge in [0, 0.05) is 127 Å². The minimum atomic E-state index is -0.471. The van der Waals surface area contributed by atoms with E-state index in [1.807, 2.05) is 54.6 Å². The topological polar surface area (TPSA) is 328 Å². The number of hydrogen-bond donors (Lipinski definition) is 9. The van der Waals surface area contributed by atoms with Crippen molar-refractivity contribution in [3.05, 3.63) is 127 Å². The summed E-state index contributed by atoms with van der Waals surface area (Å²) in [5.74, 6) is 1.29. The Balaban J connectivity index is 0.000000124. The van der Waals surface area contributed by atoms with Crippen molar-refractivity contribution in [1.29, 1.82) is 0 Å². The average Bonchev–Trinajstić information content (AvgIpc) is 1.65. The van der Waals surface area contributed by atoms with E-state index in [0.717, 1.165) is 84.3 Å². The summed E-state index contributed by atoms with van der Waals surface area (Å²) in [5, 5.41) is 62.5. The zero-order valence-corrected chi connectivity index (χ0v) is 51.0. The van der Waals surface area contributed by atoms with E-state index in [-0.39, 0.29) is 54.0 Å². The number of nitrogens with zero attached hydrogens (tertiary/aromatic N) is 15. The number of hydrogen-bond acceptors (Lipinski definition) is 18. The van der Waals surface area contributed by atoms with E-state index in [1.165, 1.54) is 18.6 Å². The second kappa shape index (κ2) is 23.3. The first-order valence-corrected chi connectivity index (χ1v) is 30.0. The van der Waals surface area contributed by atoms with Gasteiger partial charge in [-0.15, -0.1) is 0 Å². The van der Waals surface area contributed by atoms with Gasteiger partial charge in [0.25, 0.3) is 17.7 Å². The van der Waals surface area contributed by atoms with Crippen molar-refractivity contribution in [3.8, 4) is 33.8 Å². The van der Waals surface area contributed by atoms with Crippen molar-refractivity contribution in [2.75, 3.05) is 37.1 Å². The number of aliphatic hydroxyl groups excluding tert-OH is 3. The SMILES string of the molecule is CNc1cc(-c2cn(C(C)C)c3ncccc23)nc2c(C(=O)NC3C[C@H]3O)cnn12.CNc1cc(-c2cn(C(C)C)c3ncccc23)nc2c(C(=O)N[C@@H]3C[C@H]3O)cnn12.CNc1cc(-c2cn(C(C)C)c3ncccc23)nc2c(C(=O)N[C@H]3C[C@@H]3O)cnn12. The zero-order chi connectivity index (χ0) is 63.0. The lowest BCUT2D eigenvalue weighted by molar-refractivity contribution is 0.0936. The van der Waals surface area contributed by atoms with Crippen molar-refractivity contribution < 1.29 is 29.7 Å². The summed E-state index contributed by atoms with van der Waals surface area (Å²) < 4.78 is 11.2. The van der Waals surface area contributed by atoms with E-state index in [9.17, 15) is 29.7 Å². The Labute approximate surface area is 514 Å². The first kappa shape index (κ1) is 58.6. The third-order valence-electron chi connectivity index (χ3n) is 16.4. The van der Waals surface area contributed by atoms with Crippen LogP contribution in [0.15, 0.2) is 110 Å². The van der Waals surface area contributed by atoms with Gasteiger partial charge in [0.05, 0.1) is 72.1 Å². The van der Waals surface area contributed by atoms with Crippen LogP contribution >= 0.6 is 0 Å². The van der Waals surface area contributed by atoms with E-state index in [0.29, 0.717) is 52.9 Å². The van der Waals surface area contributed by atoms with E-state index in [2.05, 4.69) is 136 Å². The van der Waals surface area contributed by atoms with Crippen molar-refractivity contribution in [2.45, 2.75) is 115 Å². The Hall–Kier alpha value is -10.4. The summed E-state index contributed by atoms with van der Waals surface area (Å²) in [4.78, 5) is 66.2. The lowest BCUT2D eigenvalue weighted by atomic mass is 10.1. The molecule has 90 heavy (non-hydrogen) atoms. The Kier molecular flexibility index (Phi) is 15.2. The van der Waals surface area contributed by atoms with Crippen LogP contribution in [0.3, 0.4) is 0 Å². The average molecular weight is 1220 g/mol. The van der Waals surface area contributed by atoms with Crippen LogP contribution in [-0.2, 0) is 0 Å². The number of aromatic nitrogens is 15. The molecule has 0 aliphatic heterocycles. The maximum atomic E-state index is 12.7. The number of carbonyl (C=O) groups excluding carboxylic acids is 3. The van der Waals surface area contributed by atoms with E-state index < -0.39 is 18.3 Å². The molecule has 0 bridgehead atoms. The predicted octanol–water partition coefficient (Wildman–Crippen LogP) is 6.69. The fourth-order valence-corrected chi connectivity index (χ4v) is 11.1. The molecule has 9 N–H and O–H groups in total. The molecular weight excluding hydrogens is 1150 g/mol. The molecule has 27 heteroatoms. The summed E-state index contributed by atoms with van der Waals surface area (Å²) in [6.07, 6.45) is 16.4. The maximum Gasteiger partial charge on any atom is 0.257 e. The van der Waals surface area contributed by atoms with Crippen LogP contribution in [-0.4, -0.2) is 163 Å². The maximum absolute atomic E-state index is 12.7. The van der Waals surface area contributed by atoms with Gasteiger partial charge in [-0.3, -0.25) is 14.4 Å². The summed E-state index contributed by atoms with van der Waals surface area (Å²) in [7, 11) is 5.42. The van der Waals surface area contributed by atoms with Crippen molar-refractivity contribution in [1.82, 2.24) is 88.4 Å². The Morgan fingerprint density at radius 1 is 0.444 bits per heavy atom. The van der Waals surface area contributed by atoms with Gasteiger partial charge in [-0.2, -0.15) is 28.8 Å². The molecule has 0 spiro atoms. The Bertz CT molecular complexity index is 4290. The fourth-order valence-electron chi connectivity index (χ4n) is 11.1. The van der Waals surface area contributed by atoms with Crippen LogP contribution in [0.4, 0.5) is 17.5 Å². The van der Waals surface area contributed by atoms with Crippen LogP contribution in [0.25, 0.3) is 83.8 Å². The quantitative estimate of drug-likeness (QED) is 0.0516. The van der Waals surface area contributed by atoms with Gasteiger partial charge in [0.1, 0.15) is 51.1 Å². The molecule has 3 saturated carbocycles. The summed E-state index contributed by atoms with van der Waals surface area (Å²) >= 11 is 0. The van der Waals surface area contributed by atoms with E-state index in [4.69, 9.17) is 15.0 Å². The zero-order valence-electron chi connectivity index (χ0n) is 51.0. The fraction of sp³-hybridized carbons (Fsp3) is 0.333. The van der Waals surface area contributed by atoms with Gasteiger partial charge >= 0.3 is 0 Å². The molecule has 1 unspecified atom stereocenters. The third-order valence-corrected chi connectivity index (χ3v) is 16.4. The standard InChI is InChI=1S/3C21H23N7O2/c3*1-11(2)27-10-14(12-5-4-6-23-19(12)27)15-8-18(22-3)28-20(25-15)13(9-24-28)21(30)26-16-7-17(16)29/h3*4-6,8-11,16-17,22,29H,7H2,1-3H3,(H,26,30)/t16?,17-;2*16-,17-/m110/s1. The number of pyridine rings is 3. The molecule has 6 atom stereocenters. The summed E-state index contributed by atoms with van der Waals surface area (Å²) in [6.45, 7) is 12.7. The lowest BCUT2D eigenvalue weighted by Gasteiger charge is -2.08. The molecular formula is C63H69N21O6. The van der Waals surface area contributed by atoms with Crippen LogP contribution in [0.5, 0.6) is 0 Å². The summed E-state index contributed by atoms with van der Waals surface area (Å²) in [5.41, 5.74) is 10.2. The molecule has 3 amide bonds. The molecule has 0 radical (unpaired) electrons. The molecule has 12 heterocycles. The molecule has 15 rings (SSSR count). The number of aliphatic hydroxyl groups is 3. The van der Waals surface area contributed by atoms with Crippen molar-refractivity contribution in [2.24, 2.45) is 0 Å². The smallest absolute Gasteiger partial charge is 0.257 e. The molecule has 12 aromatic rings. The number of fused-ring (bicyclic) bond motifs is 6. The number of rotatable bonds is 15. The monoisotopic (exact) mass is 1220 g/mol. The first-order chi connectivity index (χ1) is 43.4. The normalized spacial score (nSPS) is 18.3. The molecule has 27 nitrogen and oxygen atoms in total. The van der Waals surface area contributed by atoms with E-state index >= 15 is 0 Å². The lowest BCUT2D eigenvalue weighted by Crippen LogP contribution is -2.27. The minimum absolute atomic E-state index is 0.200. The third kappa shape index (κ3) is 10.8. The van der Waals surface area contributed by atoms with Gasteiger partial charge in [-0.1, -0.05) is 0 Å². The van der Waals surface area contributed by atoms with Gasteiger partial charge < -0.3 is 60.9 Å². The van der Waals surface area contributed by atoms with Crippen molar-refractivity contribution >= 4 is 85.2 Å². The number of nitrogens with one attached hydrogen (secondary N) is 6. The molecule has 0 saturated heterocycles. The second-order valence-electron chi connectivity index (χ2n) is 23.6. The molecule has 462 valence electrons. The highest BCUT2D eigenvalue weighted by atomic mass is 16.3. The summed E-state index contributed by atoms with van der Waals surface area (Å²) in [6, 6.07) is 17.7. The minimum Gasteiger partial charge on any atom is -0.391 e. The molecule has 0 aromatic carbocycles. The highest BCUT2D eigenvalue weighted by Crippen LogP contribution is 2.37. The van der Waals surface area contributed by atoms with Crippen LogP contribution in [0.2, 0.25) is 0 Å². The Morgan fingerprint density at radius 2 is 0.711 bits per heavy atom. The largest absolute Gasteiger partial charge is 0.391 e. The highest BCUT2D eigenvalue weighted by molar-refractivity contribution is 6.03. The highest BCUT2D eigenvalue weighted by Gasteiger charge is 2.39. The number of anilines is 3. The van der Waals surface area contributed by atoms with Gasteiger partial charge in [-0.05, 0) is 97.2 Å². The van der Waals surface area contributed by atoms with Crippen LogP contribution < -0.4 is 31.9 Å². The van der Waals surface area contributed by atoms with Gasteiger partial charge in [-0.25, -0.2) is 29.9 Å². The van der Waals surface area contributed by atoms with E-state index in [1.54, 1.807) is 53.3 Å². The van der Waals surface area contributed by atoms with Crippen molar-refractivity contribution in [3.63, 3.8) is 0 Å². The second-order valence-corrected chi connectivity index (χ2v) is 23.6.